The molecular formula is C13H12N4. The van der Waals surface area contributed by atoms with Crippen LogP contribution in [0.4, 0.5) is 0 Å². The van der Waals surface area contributed by atoms with E-state index in [4.69, 9.17) is 0 Å². The summed E-state index contributed by atoms with van der Waals surface area (Å²) in [6.07, 6.45) is 1.77. The highest BCUT2D eigenvalue weighted by Gasteiger charge is 2.07. The van der Waals surface area contributed by atoms with Crippen LogP contribution in [0.5, 0.6) is 0 Å². The largest absolute Gasteiger partial charge is 0.255 e. The van der Waals surface area contributed by atoms with Crippen LogP contribution in [0, 0.1) is 13.8 Å². The maximum atomic E-state index is 4.52. The van der Waals surface area contributed by atoms with Crippen LogP contribution < -0.4 is 0 Å². The molecule has 0 aliphatic heterocycles. The maximum absolute atomic E-state index is 4.52. The van der Waals surface area contributed by atoms with Gasteiger partial charge in [-0.25, -0.2) is 9.50 Å². The van der Waals surface area contributed by atoms with Crippen LogP contribution in [0.2, 0.25) is 0 Å². The normalized spacial score (nSPS) is 10.9. The second-order valence-corrected chi connectivity index (χ2v) is 4.05. The third-order valence-electron chi connectivity index (χ3n) is 2.66. The molecule has 0 saturated heterocycles. The van der Waals surface area contributed by atoms with Gasteiger partial charge in [0.1, 0.15) is 5.69 Å². The highest BCUT2D eigenvalue weighted by Crippen LogP contribution is 2.17. The third-order valence-corrected chi connectivity index (χ3v) is 2.66. The molecule has 0 N–H and O–H groups in total. The molecule has 0 bridgehead atoms. The lowest BCUT2D eigenvalue weighted by molar-refractivity contribution is 0.887. The summed E-state index contributed by atoms with van der Waals surface area (Å²) in [7, 11) is 0. The van der Waals surface area contributed by atoms with Crippen molar-refractivity contribution in [3.05, 3.63) is 47.9 Å². The molecule has 3 rings (SSSR count). The van der Waals surface area contributed by atoms with Gasteiger partial charge in [-0.3, -0.25) is 4.98 Å². The molecule has 84 valence electrons. The zero-order valence-corrected chi connectivity index (χ0v) is 9.75. The molecule has 0 saturated carbocycles. The molecular weight excluding hydrogens is 212 g/mol. The van der Waals surface area contributed by atoms with Gasteiger partial charge in [-0.05, 0) is 32.0 Å². The Morgan fingerprint density at radius 3 is 2.71 bits per heavy atom. The van der Waals surface area contributed by atoms with E-state index < -0.39 is 0 Å². The van der Waals surface area contributed by atoms with Gasteiger partial charge in [0, 0.05) is 23.7 Å². The van der Waals surface area contributed by atoms with Crippen molar-refractivity contribution in [1.82, 2.24) is 19.6 Å². The zero-order valence-electron chi connectivity index (χ0n) is 9.75. The fourth-order valence-corrected chi connectivity index (χ4v) is 1.93. The average molecular weight is 224 g/mol. The van der Waals surface area contributed by atoms with E-state index in [-0.39, 0.29) is 0 Å². The number of hydrogen-bond acceptors (Lipinski definition) is 3. The number of aryl methyl sites for hydroxylation is 2. The minimum Gasteiger partial charge on any atom is -0.255 e. The molecule has 0 atom stereocenters. The summed E-state index contributed by atoms with van der Waals surface area (Å²) in [5.41, 5.74) is 4.67. The lowest BCUT2D eigenvalue weighted by Crippen LogP contribution is -1.97. The Kier molecular flexibility index (Phi) is 2.14. The molecule has 0 aliphatic carbocycles. The standard InChI is InChI=1S/C13H12N4/c1-9-7-10(2)17-13(15-9)8-12(16-17)11-5-3-4-6-14-11/h3-8H,1-2H3. The Bertz CT molecular complexity index is 670. The summed E-state index contributed by atoms with van der Waals surface area (Å²) >= 11 is 0. The van der Waals surface area contributed by atoms with Crippen molar-refractivity contribution in [3.8, 4) is 11.4 Å². The highest BCUT2D eigenvalue weighted by molar-refractivity contribution is 5.60. The van der Waals surface area contributed by atoms with E-state index >= 15 is 0 Å². The molecule has 0 spiro atoms. The highest BCUT2D eigenvalue weighted by atomic mass is 15.3. The molecule has 3 aromatic rings. The monoisotopic (exact) mass is 224 g/mol. The van der Waals surface area contributed by atoms with Crippen molar-refractivity contribution >= 4 is 5.65 Å². The van der Waals surface area contributed by atoms with Gasteiger partial charge in [-0.1, -0.05) is 6.07 Å². The topological polar surface area (TPSA) is 43.1 Å². The van der Waals surface area contributed by atoms with Crippen molar-refractivity contribution in [2.45, 2.75) is 13.8 Å². The Morgan fingerprint density at radius 2 is 1.94 bits per heavy atom. The number of nitrogens with zero attached hydrogens (tertiary/aromatic N) is 4. The van der Waals surface area contributed by atoms with Gasteiger partial charge in [0.2, 0.25) is 0 Å². The predicted octanol–water partition coefficient (Wildman–Crippen LogP) is 2.41. The molecule has 3 heterocycles. The number of fused-ring (bicyclic) bond motifs is 1. The van der Waals surface area contributed by atoms with E-state index in [9.17, 15) is 0 Å². The number of aromatic nitrogens is 4. The zero-order chi connectivity index (χ0) is 11.8. The first-order valence-corrected chi connectivity index (χ1v) is 5.49. The Balaban J connectivity index is 2.24. The van der Waals surface area contributed by atoms with Gasteiger partial charge in [-0.2, -0.15) is 5.10 Å². The van der Waals surface area contributed by atoms with E-state index in [0.29, 0.717) is 0 Å². The van der Waals surface area contributed by atoms with E-state index in [2.05, 4.69) is 15.1 Å². The van der Waals surface area contributed by atoms with Crippen LogP contribution in [-0.2, 0) is 0 Å². The van der Waals surface area contributed by atoms with Crippen molar-refractivity contribution in [1.29, 1.82) is 0 Å². The van der Waals surface area contributed by atoms with E-state index in [0.717, 1.165) is 28.4 Å². The summed E-state index contributed by atoms with van der Waals surface area (Å²) in [4.78, 5) is 8.75. The Morgan fingerprint density at radius 1 is 1.06 bits per heavy atom. The predicted molar refractivity (Wildman–Crippen MR) is 65.7 cm³/mol. The third kappa shape index (κ3) is 1.67. The van der Waals surface area contributed by atoms with Gasteiger partial charge < -0.3 is 0 Å². The Hall–Kier alpha value is -2.23. The van der Waals surface area contributed by atoms with Gasteiger partial charge in [-0.15, -0.1) is 0 Å². The molecule has 3 aromatic heterocycles. The quantitative estimate of drug-likeness (QED) is 0.637. The molecule has 0 aromatic carbocycles. The minimum absolute atomic E-state index is 0.854. The summed E-state index contributed by atoms with van der Waals surface area (Å²) in [6, 6.07) is 9.78. The lowest BCUT2D eigenvalue weighted by Gasteiger charge is -1.99. The molecule has 0 unspecified atom stereocenters. The first kappa shape index (κ1) is 9.96. The Labute approximate surface area is 99.0 Å². The second kappa shape index (κ2) is 3.66. The van der Waals surface area contributed by atoms with Crippen LogP contribution in [0.15, 0.2) is 36.5 Å². The SMILES string of the molecule is Cc1cc(C)n2nc(-c3ccccn3)cc2n1. The maximum Gasteiger partial charge on any atom is 0.156 e. The number of hydrogen-bond donors (Lipinski definition) is 0. The minimum atomic E-state index is 0.854. The van der Waals surface area contributed by atoms with Gasteiger partial charge in [0.05, 0.1) is 5.69 Å². The van der Waals surface area contributed by atoms with Gasteiger partial charge in [0.15, 0.2) is 5.65 Å². The second-order valence-electron chi connectivity index (χ2n) is 4.05. The summed E-state index contributed by atoms with van der Waals surface area (Å²) < 4.78 is 1.84. The van der Waals surface area contributed by atoms with E-state index in [1.807, 2.05) is 48.7 Å². The first-order valence-electron chi connectivity index (χ1n) is 5.49. The molecule has 17 heavy (non-hydrogen) atoms. The fraction of sp³-hybridized carbons (Fsp3) is 0.154. The molecule has 4 nitrogen and oxygen atoms in total. The van der Waals surface area contributed by atoms with Crippen molar-refractivity contribution in [2.75, 3.05) is 0 Å². The van der Waals surface area contributed by atoms with Crippen LogP contribution in [0.1, 0.15) is 11.4 Å². The van der Waals surface area contributed by atoms with Crippen LogP contribution in [-0.4, -0.2) is 19.6 Å². The molecule has 0 amide bonds. The van der Waals surface area contributed by atoms with Crippen molar-refractivity contribution in [3.63, 3.8) is 0 Å². The molecule has 0 fully saturated rings. The smallest absolute Gasteiger partial charge is 0.156 e. The van der Waals surface area contributed by atoms with Crippen LogP contribution in [0.3, 0.4) is 0 Å². The van der Waals surface area contributed by atoms with Gasteiger partial charge >= 0.3 is 0 Å². The number of pyridine rings is 1. The summed E-state index contributed by atoms with van der Waals surface area (Å²) in [5, 5.41) is 4.52. The fourth-order valence-electron chi connectivity index (χ4n) is 1.93. The molecule has 4 heteroatoms. The lowest BCUT2D eigenvalue weighted by atomic mass is 10.3. The average Bonchev–Trinajstić information content (AvgIpc) is 2.74. The molecule has 0 aliphatic rings. The first-order chi connectivity index (χ1) is 8.24. The van der Waals surface area contributed by atoms with Crippen molar-refractivity contribution in [2.24, 2.45) is 0 Å². The summed E-state index contributed by atoms with van der Waals surface area (Å²) in [6.45, 7) is 4.01. The van der Waals surface area contributed by atoms with Crippen LogP contribution >= 0.6 is 0 Å². The van der Waals surface area contributed by atoms with E-state index in [1.54, 1.807) is 6.20 Å². The molecule has 0 radical (unpaired) electrons. The number of rotatable bonds is 1. The van der Waals surface area contributed by atoms with Crippen molar-refractivity contribution < 1.29 is 0 Å². The van der Waals surface area contributed by atoms with Gasteiger partial charge in [0.25, 0.3) is 0 Å². The summed E-state index contributed by atoms with van der Waals surface area (Å²) in [5.74, 6) is 0. The van der Waals surface area contributed by atoms with Crippen LogP contribution in [0.25, 0.3) is 17.0 Å². The van der Waals surface area contributed by atoms with E-state index in [1.165, 1.54) is 0 Å².